The van der Waals surface area contributed by atoms with Gasteiger partial charge >= 0.3 is 0 Å². The molecule has 2 nitrogen and oxygen atoms in total. The molecule has 0 amide bonds. The molecule has 1 heterocycles. The monoisotopic (exact) mass is 281 g/mol. The van der Waals surface area contributed by atoms with Gasteiger partial charge in [0.1, 0.15) is 5.75 Å². The summed E-state index contributed by atoms with van der Waals surface area (Å²) in [7, 11) is 0. The minimum atomic E-state index is 0.148. The third-order valence-corrected chi connectivity index (χ3v) is 3.97. The van der Waals surface area contributed by atoms with Gasteiger partial charge in [-0.05, 0) is 34.2 Å². The number of benzene rings is 2. The lowest BCUT2D eigenvalue weighted by molar-refractivity contribution is 0.357. The van der Waals surface area contributed by atoms with E-state index in [0.29, 0.717) is 0 Å². The highest BCUT2D eigenvalue weighted by atomic mass is 16.5. The highest BCUT2D eigenvalue weighted by Crippen LogP contribution is 2.30. The van der Waals surface area contributed by atoms with Crippen LogP contribution in [-0.4, -0.2) is 6.61 Å². The maximum atomic E-state index is 5.56. The number of anilines is 1. The normalized spacial score (nSPS) is 13.7. The molecule has 110 valence electrons. The second-order valence-corrected chi connectivity index (χ2v) is 6.69. The van der Waals surface area contributed by atoms with Crippen LogP contribution in [0, 0.1) is 0 Å². The number of rotatable bonds is 3. The first kappa shape index (κ1) is 14.0. The minimum Gasteiger partial charge on any atom is -0.493 e. The lowest BCUT2D eigenvalue weighted by Crippen LogP contribution is -2.14. The average Bonchev–Trinajstić information content (AvgIpc) is 2.92. The predicted octanol–water partition coefficient (Wildman–Crippen LogP) is 4.53. The molecule has 0 spiro atoms. The van der Waals surface area contributed by atoms with E-state index in [4.69, 9.17) is 4.74 Å². The van der Waals surface area contributed by atoms with E-state index >= 15 is 0 Å². The Labute approximate surface area is 127 Å². The molecule has 2 heteroatoms. The SMILES string of the molecule is CC(C)(C)c1ccccc1NCc1ccc2c(c1)CCO2. The molecule has 0 atom stereocenters. The van der Waals surface area contributed by atoms with E-state index in [1.54, 1.807) is 0 Å². The zero-order valence-corrected chi connectivity index (χ0v) is 13.1. The molecule has 1 aliphatic heterocycles. The first-order valence-electron chi connectivity index (χ1n) is 7.62. The summed E-state index contributed by atoms with van der Waals surface area (Å²) in [4.78, 5) is 0. The summed E-state index contributed by atoms with van der Waals surface area (Å²) in [5.74, 6) is 1.05. The summed E-state index contributed by atoms with van der Waals surface area (Å²) in [5, 5.41) is 3.59. The van der Waals surface area contributed by atoms with Crippen molar-refractivity contribution in [2.75, 3.05) is 11.9 Å². The van der Waals surface area contributed by atoms with Crippen molar-refractivity contribution in [1.82, 2.24) is 0 Å². The molecule has 0 bridgehead atoms. The molecular formula is C19H23NO. The topological polar surface area (TPSA) is 21.3 Å². The molecule has 0 aromatic heterocycles. The van der Waals surface area contributed by atoms with Crippen LogP contribution in [-0.2, 0) is 18.4 Å². The summed E-state index contributed by atoms with van der Waals surface area (Å²) in [5.41, 5.74) is 5.37. The molecule has 0 fully saturated rings. The summed E-state index contributed by atoms with van der Waals surface area (Å²) in [6.07, 6.45) is 1.03. The first-order valence-corrected chi connectivity index (χ1v) is 7.62. The summed E-state index contributed by atoms with van der Waals surface area (Å²) in [6.45, 7) is 8.42. The number of fused-ring (bicyclic) bond motifs is 1. The van der Waals surface area contributed by atoms with Gasteiger partial charge in [-0.1, -0.05) is 51.1 Å². The lowest BCUT2D eigenvalue weighted by Gasteiger charge is -2.23. The van der Waals surface area contributed by atoms with E-state index in [1.165, 1.54) is 22.4 Å². The third-order valence-electron chi connectivity index (χ3n) is 3.97. The Bertz CT molecular complexity index is 640. The van der Waals surface area contributed by atoms with E-state index < -0.39 is 0 Å². The van der Waals surface area contributed by atoms with Crippen LogP contribution in [0.25, 0.3) is 0 Å². The van der Waals surface area contributed by atoms with Gasteiger partial charge in [0.05, 0.1) is 6.61 Å². The largest absolute Gasteiger partial charge is 0.493 e. The molecule has 0 radical (unpaired) electrons. The van der Waals surface area contributed by atoms with Crippen molar-refractivity contribution in [2.45, 2.75) is 39.2 Å². The minimum absolute atomic E-state index is 0.148. The van der Waals surface area contributed by atoms with Gasteiger partial charge in [-0.2, -0.15) is 0 Å². The van der Waals surface area contributed by atoms with Crippen molar-refractivity contribution in [3.63, 3.8) is 0 Å². The van der Waals surface area contributed by atoms with Crippen molar-refractivity contribution in [3.05, 3.63) is 59.2 Å². The number of para-hydroxylation sites is 1. The number of nitrogens with one attached hydrogen (secondary N) is 1. The Hall–Kier alpha value is -1.96. The van der Waals surface area contributed by atoms with Gasteiger partial charge in [0, 0.05) is 18.7 Å². The van der Waals surface area contributed by atoms with E-state index in [9.17, 15) is 0 Å². The fourth-order valence-corrected chi connectivity index (χ4v) is 2.84. The molecule has 21 heavy (non-hydrogen) atoms. The number of ether oxygens (including phenoxy) is 1. The van der Waals surface area contributed by atoms with Gasteiger partial charge in [0.2, 0.25) is 0 Å². The van der Waals surface area contributed by atoms with Crippen LogP contribution < -0.4 is 10.1 Å². The molecular weight excluding hydrogens is 258 g/mol. The predicted molar refractivity (Wildman–Crippen MR) is 88.1 cm³/mol. The van der Waals surface area contributed by atoms with Crippen LogP contribution in [0.1, 0.15) is 37.5 Å². The maximum absolute atomic E-state index is 5.56. The lowest BCUT2D eigenvalue weighted by atomic mass is 9.86. The van der Waals surface area contributed by atoms with Gasteiger partial charge in [-0.3, -0.25) is 0 Å². The maximum Gasteiger partial charge on any atom is 0.122 e. The smallest absolute Gasteiger partial charge is 0.122 e. The Morgan fingerprint density at radius 2 is 1.90 bits per heavy atom. The van der Waals surface area contributed by atoms with Gasteiger partial charge < -0.3 is 10.1 Å². The van der Waals surface area contributed by atoms with Crippen LogP contribution in [0.4, 0.5) is 5.69 Å². The first-order chi connectivity index (χ1) is 10.0. The summed E-state index contributed by atoms with van der Waals surface area (Å²) < 4.78 is 5.56. The number of hydrogen-bond donors (Lipinski definition) is 1. The summed E-state index contributed by atoms with van der Waals surface area (Å²) >= 11 is 0. The van der Waals surface area contributed by atoms with Crippen LogP contribution in [0.5, 0.6) is 5.75 Å². The van der Waals surface area contributed by atoms with E-state index in [-0.39, 0.29) is 5.41 Å². The van der Waals surface area contributed by atoms with Crippen molar-refractivity contribution in [2.24, 2.45) is 0 Å². The summed E-state index contributed by atoms with van der Waals surface area (Å²) in [6, 6.07) is 15.1. The molecule has 1 aliphatic rings. The van der Waals surface area contributed by atoms with Crippen molar-refractivity contribution in [1.29, 1.82) is 0 Å². The second kappa shape index (κ2) is 5.44. The average molecular weight is 281 g/mol. The molecule has 0 unspecified atom stereocenters. The van der Waals surface area contributed by atoms with Crippen LogP contribution in [0.3, 0.4) is 0 Å². The second-order valence-electron chi connectivity index (χ2n) is 6.69. The number of hydrogen-bond acceptors (Lipinski definition) is 2. The van der Waals surface area contributed by atoms with Gasteiger partial charge in [0.15, 0.2) is 0 Å². The molecule has 0 aliphatic carbocycles. The zero-order chi connectivity index (χ0) is 14.9. The standard InChI is InChI=1S/C19H23NO/c1-19(2,3)16-6-4-5-7-17(16)20-13-14-8-9-18-15(12-14)10-11-21-18/h4-9,12,20H,10-11,13H2,1-3H3. The fourth-order valence-electron chi connectivity index (χ4n) is 2.84. The molecule has 2 aromatic carbocycles. The van der Waals surface area contributed by atoms with Crippen LogP contribution in [0.15, 0.2) is 42.5 Å². The highest BCUT2D eigenvalue weighted by molar-refractivity contribution is 5.54. The van der Waals surface area contributed by atoms with Crippen molar-refractivity contribution >= 4 is 5.69 Å². The van der Waals surface area contributed by atoms with Crippen LogP contribution >= 0.6 is 0 Å². The molecule has 1 N–H and O–H groups in total. The Balaban J connectivity index is 1.76. The van der Waals surface area contributed by atoms with Crippen molar-refractivity contribution in [3.8, 4) is 5.75 Å². The molecule has 0 saturated heterocycles. The molecule has 0 saturated carbocycles. The molecule has 2 aromatic rings. The Kier molecular flexibility index (Phi) is 3.62. The Morgan fingerprint density at radius 1 is 1.10 bits per heavy atom. The third kappa shape index (κ3) is 3.05. The zero-order valence-electron chi connectivity index (χ0n) is 13.1. The highest BCUT2D eigenvalue weighted by Gasteiger charge is 2.17. The quantitative estimate of drug-likeness (QED) is 0.892. The van der Waals surface area contributed by atoms with Gasteiger partial charge in [-0.15, -0.1) is 0 Å². The van der Waals surface area contributed by atoms with E-state index in [1.807, 2.05) is 0 Å². The van der Waals surface area contributed by atoms with Crippen LogP contribution in [0.2, 0.25) is 0 Å². The molecule has 3 rings (SSSR count). The fraction of sp³-hybridized carbons (Fsp3) is 0.368. The van der Waals surface area contributed by atoms with E-state index in [0.717, 1.165) is 25.3 Å². The Morgan fingerprint density at radius 3 is 2.71 bits per heavy atom. The van der Waals surface area contributed by atoms with Gasteiger partial charge in [0.25, 0.3) is 0 Å². The van der Waals surface area contributed by atoms with Gasteiger partial charge in [-0.25, -0.2) is 0 Å². The van der Waals surface area contributed by atoms with E-state index in [2.05, 4.69) is 68.6 Å². The van der Waals surface area contributed by atoms with Crippen molar-refractivity contribution < 1.29 is 4.74 Å².